The Morgan fingerprint density at radius 2 is 1.92 bits per heavy atom. The molecule has 0 saturated heterocycles. The molecule has 9 heteroatoms. The second-order valence-corrected chi connectivity index (χ2v) is 5.14. The van der Waals surface area contributed by atoms with E-state index in [-0.39, 0.29) is 35.1 Å². The van der Waals surface area contributed by atoms with Crippen molar-refractivity contribution < 1.29 is 24.5 Å². The molecule has 3 rings (SSSR count). The predicted molar refractivity (Wildman–Crippen MR) is 90.4 cm³/mol. The first-order valence-corrected chi connectivity index (χ1v) is 7.63. The van der Waals surface area contributed by atoms with Gasteiger partial charge in [0.15, 0.2) is 22.9 Å². The van der Waals surface area contributed by atoms with Crippen molar-refractivity contribution >= 4 is 29.1 Å². The van der Waals surface area contributed by atoms with Crippen LogP contribution in [0, 0.1) is 0 Å². The highest BCUT2D eigenvalue weighted by Crippen LogP contribution is 2.28. The van der Waals surface area contributed by atoms with Crippen molar-refractivity contribution in [2.45, 2.75) is 6.92 Å². The molecule has 0 amide bonds. The van der Waals surface area contributed by atoms with Gasteiger partial charge in [0.05, 0.1) is 17.9 Å². The van der Waals surface area contributed by atoms with Gasteiger partial charge in [0.1, 0.15) is 0 Å². The van der Waals surface area contributed by atoms with Crippen molar-refractivity contribution in [3.8, 4) is 5.75 Å². The molecule has 0 atom stereocenters. The van der Waals surface area contributed by atoms with Gasteiger partial charge < -0.3 is 14.9 Å². The van der Waals surface area contributed by atoms with Gasteiger partial charge in [-0.05, 0) is 43.3 Å². The third-order valence-electron chi connectivity index (χ3n) is 3.45. The van der Waals surface area contributed by atoms with E-state index >= 15 is 0 Å². The highest BCUT2D eigenvalue weighted by molar-refractivity contribution is 5.93. The van der Waals surface area contributed by atoms with E-state index in [2.05, 4.69) is 15.2 Å². The summed E-state index contributed by atoms with van der Waals surface area (Å²) in [6.45, 7) is 1.82. The number of carbonyl (C=O) groups excluding carboxylic acids is 1. The van der Waals surface area contributed by atoms with Crippen LogP contribution in [0.3, 0.4) is 0 Å². The smallest absolute Gasteiger partial charge is 0.360 e. The summed E-state index contributed by atoms with van der Waals surface area (Å²) < 4.78 is 6.38. The number of benzene rings is 1. The highest BCUT2D eigenvalue weighted by atomic mass is 16.5. The number of pyridine rings is 1. The van der Waals surface area contributed by atoms with Crippen molar-refractivity contribution in [1.29, 1.82) is 0 Å². The van der Waals surface area contributed by atoms with Gasteiger partial charge in [-0.15, -0.1) is 10.2 Å². The van der Waals surface area contributed by atoms with Crippen LogP contribution in [-0.2, 0) is 4.74 Å². The van der Waals surface area contributed by atoms with Crippen LogP contribution >= 0.6 is 0 Å². The number of imidazole rings is 1. The minimum atomic E-state index is -1.05. The van der Waals surface area contributed by atoms with E-state index in [1.165, 1.54) is 34.7 Å². The van der Waals surface area contributed by atoms with Crippen LogP contribution in [0.15, 0.2) is 52.8 Å². The van der Waals surface area contributed by atoms with Crippen LogP contribution in [0.25, 0.3) is 5.65 Å². The lowest BCUT2D eigenvalue weighted by Crippen LogP contribution is -2.05. The third kappa shape index (κ3) is 3.22. The molecular weight excluding hydrogens is 340 g/mol. The Morgan fingerprint density at radius 1 is 1.19 bits per heavy atom. The molecule has 0 aliphatic rings. The summed E-state index contributed by atoms with van der Waals surface area (Å²) >= 11 is 0. The Labute approximate surface area is 147 Å². The molecule has 0 aliphatic heterocycles. The Kier molecular flexibility index (Phi) is 4.61. The number of ether oxygens (including phenoxy) is 1. The molecule has 0 bridgehead atoms. The highest BCUT2D eigenvalue weighted by Gasteiger charge is 2.21. The van der Waals surface area contributed by atoms with E-state index in [1.54, 1.807) is 19.2 Å². The zero-order chi connectivity index (χ0) is 18.7. The van der Waals surface area contributed by atoms with Gasteiger partial charge in [0.25, 0.3) is 0 Å². The fourth-order valence-electron chi connectivity index (χ4n) is 2.25. The van der Waals surface area contributed by atoms with Crippen LogP contribution in [0.2, 0.25) is 0 Å². The molecule has 2 aromatic heterocycles. The first kappa shape index (κ1) is 17.1. The number of aromatic carboxylic acids is 1. The second-order valence-electron chi connectivity index (χ2n) is 5.14. The standard InChI is InChI=1S/C17H14N4O5/c1-2-26-17(25)13-15(21-9-3-4-12(22)14(21)18-13)20-19-11-7-5-10(6-8-11)16(23)24/h3-9,22H,2H2,1H3,(H,23,24). The van der Waals surface area contributed by atoms with Crippen LogP contribution in [0.5, 0.6) is 5.75 Å². The second kappa shape index (κ2) is 7.01. The Bertz CT molecular complexity index is 1010. The van der Waals surface area contributed by atoms with Crippen molar-refractivity contribution in [3.05, 3.63) is 53.9 Å². The number of carboxylic acid groups (broad SMARTS) is 1. The topological polar surface area (TPSA) is 126 Å². The summed E-state index contributed by atoms with van der Waals surface area (Å²) in [4.78, 5) is 27.1. The van der Waals surface area contributed by atoms with E-state index in [4.69, 9.17) is 9.84 Å². The van der Waals surface area contributed by atoms with E-state index in [1.807, 2.05) is 0 Å². The monoisotopic (exact) mass is 354 g/mol. The van der Waals surface area contributed by atoms with Crippen molar-refractivity contribution in [3.63, 3.8) is 0 Å². The van der Waals surface area contributed by atoms with Crippen LogP contribution in [0.1, 0.15) is 27.8 Å². The SMILES string of the molecule is CCOC(=O)c1nc2c(O)cccn2c1N=Nc1ccc(C(=O)O)cc1. The lowest BCUT2D eigenvalue weighted by Gasteiger charge is -2.00. The number of fused-ring (bicyclic) bond motifs is 1. The van der Waals surface area contributed by atoms with Gasteiger partial charge in [0, 0.05) is 6.20 Å². The number of aromatic hydroxyl groups is 1. The van der Waals surface area contributed by atoms with Gasteiger partial charge in [-0.1, -0.05) is 0 Å². The molecular formula is C17H14N4O5. The summed E-state index contributed by atoms with van der Waals surface area (Å²) in [7, 11) is 0. The lowest BCUT2D eigenvalue weighted by atomic mass is 10.2. The molecule has 0 fully saturated rings. The maximum absolute atomic E-state index is 12.1. The largest absolute Gasteiger partial charge is 0.504 e. The average Bonchev–Trinajstić information content (AvgIpc) is 3.00. The van der Waals surface area contributed by atoms with Gasteiger partial charge >= 0.3 is 11.9 Å². The molecule has 0 spiro atoms. The van der Waals surface area contributed by atoms with Gasteiger partial charge in [0.2, 0.25) is 0 Å². The minimum Gasteiger partial charge on any atom is -0.504 e. The van der Waals surface area contributed by atoms with E-state index in [0.29, 0.717) is 5.69 Å². The van der Waals surface area contributed by atoms with E-state index < -0.39 is 11.9 Å². The summed E-state index contributed by atoms with van der Waals surface area (Å²) in [6, 6.07) is 8.75. The number of carboxylic acids is 1. The number of hydrogen-bond donors (Lipinski definition) is 2. The number of carbonyl (C=O) groups is 2. The molecule has 0 saturated carbocycles. The van der Waals surface area contributed by atoms with E-state index in [9.17, 15) is 14.7 Å². The zero-order valence-electron chi connectivity index (χ0n) is 13.7. The number of rotatable bonds is 5. The van der Waals surface area contributed by atoms with Crippen molar-refractivity contribution in [2.24, 2.45) is 10.2 Å². The van der Waals surface area contributed by atoms with Crippen LogP contribution in [-0.4, -0.2) is 38.1 Å². The maximum atomic E-state index is 12.1. The van der Waals surface area contributed by atoms with Gasteiger partial charge in [-0.3, -0.25) is 4.40 Å². The van der Waals surface area contributed by atoms with Gasteiger partial charge in [-0.25, -0.2) is 14.6 Å². The molecule has 9 nitrogen and oxygen atoms in total. The molecule has 2 N–H and O–H groups in total. The Balaban J connectivity index is 2.04. The quantitative estimate of drug-likeness (QED) is 0.534. The van der Waals surface area contributed by atoms with Crippen LogP contribution < -0.4 is 0 Å². The molecule has 0 radical (unpaired) electrons. The zero-order valence-corrected chi connectivity index (χ0v) is 13.7. The summed E-state index contributed by atoms with van der Waals surface area (Å²) in [5, 5.41) is 26.9. The number of aromatic nitrogens is 2. The lowest BCUT2D eigenvalue weighted by molar-refractivity contribution is 0.0520. The number of nitrogens with zero attached hydrogens (tertiary/aromatic N) is 4. The third-order valence-corrected chi connectivity index (χ3v) is 3.45. The van der Waals surface area contributed by atoms with Crippen molar-refractivity contribution in [1.82, 2.24) is 9.38 Å². The molecule has 1 aromatic carbocycles. The predicted octanol–water partition coefficient (Wildman–Crippen LogP) is 3.33. The molecule has 3 aromatic rings. The number of hydrogen-bond acceptors (Lipinski definition) is 7. The fourth-order valence-corrected chi connectivity index (χ4v) is 2.25. The summed E-state index contributed by atoms with van der Waals surface area (Å²) in [5.74, 6) is -1.76. The fraction of sp³-hybridized carbons (Fsp3) is 0.118. The first-order valence-electron chi connectivity index (χ1n) is 7.63. The number of esters is 1. The molecule has 0 unspecified atom stereocenters. The number of azo groups is 1. The Morgan fingerprint density at radius 3 is 2.58 bits per heavy atom. The van der Waals surface area contributed by atoms with Crippen LogP contribution in [0.4, 0.5) is 11.5 Å². The molecule has 0 aliphatic carbocycles. The summed E-state index contributed by atoms with van der Waals surface area (Å²) in [6.07, 6.45) is 1.58. The van der Waals surface area contributed by atoms with E-state index in [0.717, 1.165) is 0 Å². The first-order chi connectivity index (χ1) is 12.5. The normalized spacial score (nSPS) is 11.1. The molecule has 2 heterocycles. The Hall–Kier alpha value is -3.75. The summed E-state index contributed by atoms with van der Waals surface area (Å²) in [5.41, 5.74) is 0.570. The molecule has 26 heavy (non-hydrogen) atoms. The average molecular weight is 354 g/mol. The minimum absolute atomic E-state index is 0.0840. The van der Waals surface area contributed by atoms with Gasteiger partial charge in [-0.2, -0.15) is 0 Å². The molecule has 132 valence electrons. The van der Waals surface area contributed by atoms with Crippen molar-refractivity contribution in [2.75, 3.05) is 6.61 Å². The maximum Gasteiger partial charge on any atom is 0.360 e.